The molecular formula is C18H19N5O2S. The average Bonchev–Trinajstić information content (AvgIpc) is 3.37. The molecule has 26 heavy (non-hydrogen) atoms. The molecule has 134 valence electrons. The molecule has 3 N–H and O–H groups in total. The van der Waals surface area contributed by atoms with Gasteiger partial charge in [-0.3, -0.25) is 14.3 Å². The second-order valence-corrected chi connectivity index (χ2v) is 8.24. The van der Waals surface area contributed by atoms with Crippen molar-refractivity contribution in [2.24, 2.45) is 5.73 Å². The van der Waals surface area contributed by atoms with Gasteiger partial charge in [0.1, 0.15) is 5.39 Å². The Kier molecular flexibility index (Phi) is 3.58. The number of hydrogen-bond acceptors (Lipinski definition) is 6. The number of aromatic nitrogens is 4. The molecule has 3 heterocycles. The van der Waals surface area contributed by atoms with Crippen molar-refractivity contribution in [3.05, 3.63) is 43.5 Å². The maximum Gasteiger partial charge on any atom is 0.330 e. The number of thiophene rings is 1. The van der Waals surface area contributed by atoms with Gasteiger partial charge in [-0.1, -0.05) is 0 Å². The van der Waals surface area contributed by atoms with E-state index < -0.39 is 5.56 Å². The van der Waals surface area contributed by atoms with E-state index in [0.717, 1.165) is 37.0 Å². The maximum atomic E-state index is 12.3. The van der Waals surface area contributed by atoms with Crippen LogP contribution in [0.1, 0.15) is 48.1 Å². The molecule has 7 nitrogen and oxygen atoms in total. The van der Waals surface area contributed by atoms with E-state index in [9.17, 15) is 9.59 Å². The number of H-pyrrole nitrogens is 1. The fourth-order valence-corrected chi connectivity index (χ4v) is 5.06. The summed E-state index contributed by atoms with van der Waals surface area (Å²) in [7, 11) is 0. The van der Waals surface area contributed by atoms with Gasteiger partial charge in [0.2, 0.25) is 0 Å². The molecule has 8 heteroatoms. The summed E-state index contributed by atoms with van der Waals surface area (Å²) in [5, 5.41) is 0.362. The van der Waals surface area contributed by atoms with Crippen LogP contribution in [-0.4, -0.2) is 26.1 Å². The number of aromatic amines is 1. The highest BCUT2D eigenvalue weighted by Crippen LogP contribution is 2.40. The molecule has 1 unspecified atom stereocenters. The third kappa shape index (κ3) is 2.44. The highest BCUT2D eigenvalue weighted by Gasteiger charge is 2.28. The first-order valence-corrected chi connectivity index (χ1v) is 9.82. The van der Waals surface area contributed by atoms with E-state index in [0.29, 0.717) is 29.3 Å². The standard InChI is InChI=1S/C18H19N5O2S/c19-7-9-2-1-3-13-11(9)6-14(26-13)15-20-8-12-16(21-15)23(10-4-5-10)18(25)22-17(12)24/h6,8-10H,1-5,7,19H2,(H,22,24,25). The molecule has 0 saturated heterocycles. The molecule has 2 aliphatic rings. The number of rotatable bonds is 3. The summed E-state index contributed by atoms with van der Waals surface area (Å²) in [5.74, 6) is 0.976. The molecule has 5 rings (SSSR count). The topological polar surface area (TPSA) is 107 Å². The highest BCUT2D eigenvalue weighted by atomic mass is 32.1. The molecule has 0 spiro atoms. The molecule has 1 atom stereocenters. The molecule has 3 aromatic rings. The molecule has 0 radical (unpaired) electrons. The van der Waals surface area contributed by atoms with Crippen LogP contribution in [-0.2, 0) is 6.42 Å². The summed E-state index contributed by atoms with van der Waals surface area (Å²) in [5.41, 5.74) is 6.87. The van der Waals surface area contributed by atoms with E-state index in [4.69, 9.17) is 5.73 Å². The second kappa shape index (κ2) is 5.85. The predicted molar refractivity (Wildman–Crippen MR) is 101 cm³/mol. The Bertz CT molecular complexity index is 1120. The molecule has 0 amide bonds. The van der Waals surface area contributed by atoms with Gasteiger partial charge in [-0.2, -0.15) is 0 Å². The minimum absolute atomic E-state index is 0.128. The van der Waals surface area contributed by atoms with E-state index in [2.05, 4.69) is 21.0 Å². The molecule has 0 aliphatic heterocycles. The third-order valence-corrected chi connectivity index (χ3v) is 6.54. The molecule has 0 aromatic carbocycles. The zero-order valence-corrected chi connectivity index (χ0v) is 15.0. The summed E-state index contributed by atoms with van der Waals surface area (Å²) in [6.07, 6.45) is 6.75. The van der Waals surface area contributed by atoms with Crippen LogP contribution in [0.15, 0.2) is 21.9 Å². The lowest BCUT2D eigenvalue weighted by atomic mass is 9.88. The van der Waals surface area contributed by atoms with Gasteiger partial charge in [-0.05, 0) is 56.2 Å². The molecule has 3 aromatic heterocycles. The SMILES string of the molecule is NCC1CCCc2sc(-c3ncc4c(=O)[nH]c(=O)n(C5CC5)c4n3)cc21. The summed E-state index contributed by atoms with van der Waals surface area (Å²) in [4.78, 5) is 38.1. The van der Waals surface area contributed by atoms with Gasteiger partial charge in [-0.25, -0.2) is 14.8 Å². The van der Waals surface area contributed by atoms with Crippen molar-refractivity contribution in [3.63, 3.8) is 0 Å². The molecule has 2 aliphatic carbocycles. The van der Waals surface area contributed by atoms with Gasteiger partial charge < -0.3 is 5.73 Å². The average molecular weight is 369 g/mol. The van der Waals surface area contributed by atoms with Gasteiger partial charge in [0.15, 0.2) is 11.5 Å². The Balaban J connectivity index is 1.69. The fraction of sp³-hybridized carbons (Fsp3) is 0.444. The Morgan fingerprint density at radius 3 is 2.92 bits per heavy atom. The molecular weight excluding hydrogens is 350 g/mol. The van der Waals surface area contributed by atoms with Crippen molar-refractivity contribution in [1.29, 1.82) is 0 Å². The van der Waals surface area contributed by atoms with Crippen molar-refractivity contribution in [3.8, 4) is 10.7 Å². The van der Waals surface area contributed by atoms with Crippen molar-refractivity contribution < 1.29 is 0 Å². The van der Waals surface area contributed by atoms with Crippen LogP contribution in [0.25, 0.3) is 21.7 Å². The summed E-state index contributed by atoms with van der Waals surface area (Å²) in [6.45, 7) is 0.651. The number of nitrogens with zero attached hydrogens (tertiary/aromatic N) is 3. The largest absolute Gasteiger partial charge is 0.330 e. The van der Waals surface area contributed by atoms with Crippen LogP contribution in [0.4, 0.5) is 0 Å². The van der Waals surface area contributed by atoms with Crippen LogP contribution in [0.2, 0.25) is 0 Å². The number of fused-ring (bicyclic) bond motifs is 2. The zero-order chi connectivity index (χ0) is 17.8. The first-order valence-electron chi connectivity index (χ1n) is 9.00. The highest BCUT2D eigenvalue weighted by molar-refractivity contribution is 7.15. The fourth-order valence-electron chi connectivity index (χ4n) is 3.83. The van der Waals surface area contributed by atoms with Crippen molar-refractivity contribution in [2.45, 2.75) is 44.1 Å². The lowest BCUT2D eigenvalue weighted by Gasteiger charge is -2.20. The number of nitrogens with one attached hydrogen (secondary N) is 1. The summed E-state index contributed by atoms with van der Waals surface area (Å²) in [6, 6.07) is 2.27. The summed E-state index contributed by atoms with van der Waals surface area (Å²) < 4.78 is 1.61. The van der Waals surface area contributed by atoms with Crippen molar-refractivity contribution >= 4 is 22.4 Å². The number of aryl methyl sites for hydroxylation is 1. The van der Waals surface area contributed by atoms with Crippen LogP contribution < -0.4 is 17.0 Å². The quantitative estimate of drug-likeness (QED) is 0.733. The van der Waals surface area contributed by atoms with Gasteiger partial charge in [-0.15, -0.1) is 11.3 Å². The number of nitrogens with two attached hydrogens (primary N) is 1. The van der Waals surface area contributed by atoms with E-state index >= 15 is 0 Å². The Morgan fingerprint density at radius 2 is 2.15 bits per heavy atom. The van der Waals surface area contributed by atoms with Crippen molar-refractivity contribution in [1.82, 2.24) is 19.5 Å². The van der Waals surface area contributed by atoms with E-state index in [1.807, 2.05) is 0 Å². The van der Waals surface area contributed by atoms with E-state index in [-0.39, 0.29) is 11.7 Å². The van der Waals surface area contributed by atoms with Crippen LogP contribution >= 0.6 is 11.3 Å². The van der Waals surface area contributed by atoms with Gasteiger partial charge in [0.05, 0.1) is 4.88 Å². The third-order valence-electron chi connectivity index (χ3n) is 5.34. The van der Waals surface area contributed by atoms with Crippen molar-refractivity contribution in [2.75, 3.05) is 6.54 Å². The number of hydrogen-bond donors (Lipinski definition) is 2. The second-order valence-electron chi connectivity index (χ2n) is 7.11. The lowest BCUT2D eigenvalue weighted by molar-refractivity contribution is 0.568. The molecule has 1 fully saturated rings. The summed E-state index contributed by atoms with van der Waals surface area (Å²) >= 11 is 1.70. The van der Waals surface area contributed by atoms with Gasteiger partial charge in [0, 0.05) is 17.1 Å². The predicted octanol–water partition coefficient (Wildman–Crippen LogP) is 1.92. The first-order chi connectivity index (χ1) is 12.7. The van der Waals surface area contributed by atoms with E-state index in [1.54, 1.807) is 15.9 Å². The van der Waals surface area contributed by atoms with Crippen LogP contribution in [0.3, 0.4) is 0 Å². The Morgan fingerprint density at radius 1 is 1.31 bits per heavy atom. The minimum atomic E-state index is -0.429. The Labute approximate surface area is 152 Å². The zero-order valence-electron chi connectivity index (χ0n) is 14.2. The monoisotopic (exact) mass is 369 g/mol. The molecule has 0 bridgehead atoms. The lowest BCUT2D eigenvalue weighted by Crippen LogP contribution is -2.30. The van der Waals surface area contributed by atoms with Crippen LogP contribution in [0.5, 0.6) is 0 Å². The van der Waals surface area contributed by atoms with Crippen LogP contribution in [0, 0.1) is 0 Å². The normalized spacial score (nSPS) is 19.7. The maximum absolute atomic E-state index is 12.3. The van der Waals surface area contributed by atoms with Gasteiger partial charge in [0.25, 0.3) is 5.56 Å². The van der Waals surface area contributed by atoms with Gasteiger partial charge >= 0.3 is 5.69 Å². The molecule has 1 saturated carbocycles. The smallest absolute Gasteiger partial charge is 0.330 e. The first kappa shape index (κ1) is 15.9. The minimum Gasteiger partial charge on any atom is -0.330 e. The van der Waals surface area contributed by atoms with E-state index in [1.165, 1.54) is 16.6 Å². The Hall–Kier alpha value is -2.32.